The zero-order valence-electron chi connectivity index (χ0n) is 6.75. The summed E-state index contributed by atoms with van der Waals surface area (Å²) in [6.07, 6.45) is -1.54. The molecule has 2 atom stereocenters. The van der Waals surface area contributed by atoms with E-state index >= 15 is 0 Å². The van der Waals surface area contributed by atoms with Gasteiger partial charge in [-0.2, -0.15) is 0 Å². The van der Waals surface area contributed by atoms with E-state index in [-0.39, 0.29) is 5.92 Å². The lowest BCUT2D eigenvalue weighted by Gasteiger charge is -2.14. The van der Waals surface area contributed by atoms with Gasteiger partial charge >= 0.3 is 5.97 Å². The molecule has 0 rings (SSSR count). The van der Waals surface area contributed by atoms with Gasteiger partial charge in [0.1, 0.15) is 0 Å². The summed E-state index contributed by atoms with van der Waals surface area (Å²) in [5.41, 5.74) is 5.26. The summed E-state index contributed by atoms with van der Waals surface area (Å²) in [4.78, 5) is 10.1. The fraction of sp³-hybridized carbons (Fsp3) is 0.857. The molecule has 0 aliphatic rings. The molecule has 0 saturated heterocycles. The fourth-order valence-corrected chi connectivity index (χ4v) is 0.847. The second-order valence-corrected chi connectivity index (χ2v) is 3.03. The highest BCUT2D eigenvalue weighted by Gasteiger charge is 2.24. The molecule has 0 saturated carbocycles. The molecule has 0 aromatic carbocycles. The van der Waals surface area contributed by atoms with Crippen LogP contribution in [-0.2, 0) is 4.79 Å². The van der Waals surface area contributed by atoms with Crippen molar-refractivity contribution in [2.45, 2.75) is 32.5 Å². The van der Waals surface area contributed by atoms with Gasteiger partial charge in [0.15, 0.2) is 0 Å². The van der Waals surface area contributed by atoms with Crippen molar-refractivity contribution in [3.05, 3.63) is 0 Å². The number of rotatable bonds is 4. The molecule has 11 heavy (non-hydrogen) atoms. The Hall–Kier alpha value is -0.640. The number of nitrogens with two attached hydrogens (primary N) is 1. The smallest absolute Gasteiger partial charge is 0.339 e. The quantitative estimate of drug-likeness (QED) is 0.643. The SMILES string of the molecule is CC(C)CC(N)C(F)C(=O)O. The third-order valence-electron chi connectivity index (χ3n) is 1.36. The molecule has 0 aromatic heterocycles. The molecule has 0 heterocycles. The van der Waals surface area contributed by atoms with Crippen molar-refractivity contribution in [2.75, 3.05) is 0 Å². The highest BCUT2D eigenvalue weighted by atomic mass is 19.1. The third kappa shape index (κ3) is 3.93. The van der Waals surface area contributed by atoms with Gasteiger partial charge in [-0.15, -0.1) is 0 Å². The van der Waals surface area contributed by atoms with Gasteiger partial charge in [-0.1, -0.05) is 13.8 Å². The Morgan fingerprint density at radius 3 is 2.36 bits per heavy atom. The summed E-state index contributed by atoms with van der Waals surface area (Å²) in [7, 11) is 0. The van der Waals surface area contributed by atoms with Gasteiger partial charge in [0.25, 0.3) is 0 Å². The number of carboxylic acids is 1. The van der Waals surface area contributed by atoms with E-state index < -0.39 is 18.2 Å². The molecule has 0 spiro atoms. The van der Waals surface area contributed by atoms with Gasteiger partial charge in [0.05, 0.1) is 0 Å². The number of hydrogen-bond donors (Lipinski definition) is 2. The van der Waals surface area contributed by atoms with Crippen LogP contribution in [0.2, 0.25) is 0 Å². The first-order chi connectivity index (χ1) is 4.95. The van der Waals surface area contributed by atoms with Crippen LogP contribution < -0.4 is 5.73 Å². The Balaban J connectivity index is 3.82. The van der Waals surface area contributed by atoms with Crippen LogP contribution in [0, 0.1) is 5.92 Å². The average molecular weight is 163 g/mol. The molecule has 0 fully saturated rings. The van der Waals surface area contributed by atoms with Crippen LogP contribution in [0.15, 0.2) is 0 Å². The minimum atomic E-state index is -1.93. The van der Waals surface area contributed by atoms with Crippen LogP contribution in [0.3, 0.4) is 0 Å². The molecule has 0 radical (unpaired) electrons. The number of hydrogen-bond acceptors (Lipinski definition) is 2. The number of aliphatic carboxylic acids is 1. The van der Waals surface area contributed by atoms with Crippen LogP contribution in [0.25, 0.3) is 0 Å². The molecule has 0 aromatic rings. The van der Waals surface area contributed by atoms with E-state index in [9.17, 15) is 9.18 Å². The molecular formula is C7H14FNO2. The highest BCUT2D eigenvalue weighted by molar-refractivity contribution is 5.73. The van der Waals surface area contributed by atoms with Crippen LogP contribution in [0.4, 0.5) is 4.39 Å². The van der Waals surface area contributed by atoms with E-state index in [0.717, 1.165) is 0 Å². The van der Waals surface area contributed by atoms with Crippen molar-refractivity contribution < 1.29 is 14.3 Å². The van der Waals surface area contributed by atoms with Gasteiger partial charge in [-0.25, -0.2) is 9.18 Å². The maximum atomic E-state index is 12.6. The van der Waals surface area contributed by atoms with E-state index in [1.54, 1.807) is 0 Å². The third-order valence-corrected chi connectivity index (χ3v) is 1.36. The molecule has 0 aliphatic heterocycles. The fourth-order valence-electron chi connectivity index (χ4n) is 0.847. The van der Waals surface area contributed by atoms with Crippen molar-refractivity contribution >= 4 is 5.97 Å². The Labute approximate surface area is 65.4 Å². The van der Waals surface area contributed by atoms with Gasteiger partial charge in [-0.05, 0) is 12.3 Å². The average Bonchev–Trinajstić information content (AvgIpc) is 1.84. The molecular weight excluding hydrogens is 149 g/mol. The Kier molecular flexibility index (Phi) is 4.03. The number of carboxylic acid groups (broad SMARTS) is 1. The largest absolute Gasteiger partial charge is 0.479 e. The van der Waals surface area contributed by atoms with Crippen molar-refractivity contribution in [2.24, 2.45) is 11.7 Å². The zero-order chi connectivity index (χ0) is 9.02. The molecule has 66 valence electrons. The van der Waals surface area contributed by atoms with E-state index in [1.807, 2.05) is 13.8 Å². The van der Waals surface area contributed by atoms with E-state index in [1.165, 1.54) is 0 Å². The van der Waals surface area contributed by atoms with Crippen molar-refractivity contribution in [3.63, 3.8) is 0 Å². The van der Waals surface area contributed by atoms with E-state index in [2.05, 4.69) is 0 Å². The summed E-state index contributed by atoms with van der Waals surface area (Å²) < 4.78 is 12.6. The van der Waals surface area contributed by atoms with Crippen LogP contribution in [0.5, 0.6) is 0 Å². The zero-order valence-corrected chi connectivity index (χ0v) is 6.75. The molecule has 0 bridgehead atoms. The Morgan fingerprint density at radius 2 is 2.09 bits per heavy atom. The molecule has 3 nitrogen and oxygen atoms in total. The standard InChI is InChI=1S/C7H14FNO2/c1-4(2)3-5(9)6(8)7(10)11/h4-6H,3,9H2,1-2H3,(H,10,11). The van der Waals surface area contributed by atoms with Crippen molar-refractivity contribution in [1.82, 2.24) is 0 Å². The predicted octanol–water partition coefficient (Wildman–Crippen LogP) is 0.782. The van der Waals surface area contributed by atoms with Gasteiger partial charge in [0, 0.05) is 6.04 Å². The lowest BCUT2D eigenvalue weighted by atomic mass is 10.0. The first kappa shape index (κ1) is 10.4. The van der Waals surface area contributed by atoms with Crippen molar-refractivity contribution in [3.8, 4) is 0 Å². The van der Waals surface area contributed by atoms with E-state index in [0.29, 0.717) is 6.42 Å². The van der Waals surface area contributed by atoms with Crippen molar-refractivity contribution in [1.29, 1.82) is 0 Å². The number of halogens is 1. The summed E-state index contributed by atoms with van der Waals surface area (Å²) in [6.45, 7) is 3.74. The Bertz CT molecular complexity index is 138. The maximum Gasteiger partial charge on any atom is 0.339 e. The second kappa shape index (κ2) is 4.28. The molecule has 3 N–H and O–H groups in total. The second-order valence-electron chi connectivity index (χ2n) is 3.03. The first-order valence-electron chi connectivity index (χ1n) is 3.57. The normalized spacial score (nSPS) is 16.5. The Morgan fingerprint density at radius 1 is 1.64 bits per heavy atom. The minimum Gasteiger partial charge on any atom is -0.479 e. The predicted molar refractivity (Wildman–Crippen MR) is 40.0 cm³/mol. The van der Waals surface area contributed by atoms with Gasteiger partial charge < -0.3 is 10.8 Å². The molecule has 0 amide bonds. The maximum absolute atomic E-state index is 12.6. The summed E-state index contributed by atoms with van der Waals surface area (Å²) >= 11 is 0. The van der Waals surface area contributed by atoms with E-state index in [4.69, 9.17) is 10.8 Å². The van der Waals surface area contributed by atoms with Gasteiger partial charge in [0.2, 0.25) is 6.17 Å². The van der Waals surface area contributed by atoms with Crippen LogP contribution >= 0.6 is 0 Å². The summed E-state index contributed by atoms with van der Waals surface area (Å²) in [5.74, 6) is -1.25. The number of alkyl halides is 1. The monoisotopic (exact) mass is 163 g/mol. The minimum absolute atomic E-state index is 0.225. The first-order valence-corrected chi connectivity index (χ1v) is 3.57. The molecule has 4 heteroatoms. The van der Waals surface area contributed by atoms with Crippen LogP contribution in [0.1, 0.15) is 20.3 Å². The highest BCUT2D eigenvalue weighted by Crippen LogP contribution is 2.08. The lowest BCUT2D eigenvalue weighted by Crippen LogP contribution is -2.38. The number of carbonyl (C=O) groups is 1. The molecule has 0 aliphatic carbocycles. The van der Waals surface area contributed by atoms with Gasteiger partial charge in [-0.3, -0.25) is 0 Å². The van der Waals surface area contributed by atoms with Crippen LogP contribution in [-0.4, -0.2) is 23.3 Å². The lowest BCUT2D eigenvalue weighted by molar-refractivity contribution is -0.143. The molecule has 2 unspecified atom stereocenters. The topological polar surface area (TPSA) is 63.3 Å². The summed E-state index contributed by atoms with van der Waals surface area (Å²) in [6, 6.07) is -0.882. The summed E-state index contributed by atoms with van der Waals surface area (Å²) in [5, 5.41) is 8.21.